The fourth-order valence-corrected chi connectivity index (χ4v) is 2.64. The fourth-order valence-electron chi connectivity index (χ4n) is 2.52. The van der Waals surface area contributed by atoms with Crippen molar-refractivity contribution in [3.63, 3.8) is 0 Å². The zero-order valence-electron chi connectivity index (χ0n) is 13.5. The van der Waals surface area contributed by atoms with Gasteiger partial charge >= 0.3 is 0 Å². The summed E-state index contributed by atoms with van der Waals surface area (Å²) in [5, 5.41) is 6.76. The summed E-state index contributed by atoms with van der Waals surface area (Å²) in [7, 11) is 0. The summed E-state index contributed by atoms with van der Waals surface area (Å²) in [6.07, 6.45) is 1.75. The molecule has 25 heavy (non-hydrogen) atoms. The van der Waals surface area contributed by atoms with Gasteiger partial charge in [-0.25, -0.2) is 0 Å². The molecule has 3 rings (SSSR count). The molecule has 0 aliphatic heterocycles. The topological polar surface area (TPSA) is 54.0 Å². The number of nitrogens with one attached hydrogen (secondary N) is 2. The van der Waals surface area contributed by atoms with E-state index in [4.69, 9.17) is 11.6 Å². The van der Waals surface area contributed by atoms with Crippen LogP contribution < -0.4 is 10.6 Å². The average molecular weight is 352 g/mol. The van der Waals surface area contributed by atoms with Gasteiger partial charge in [-0.05, 0) is 42.0 Å². The van der Waals surface area contributed by atoms with Crippen LogP contribution in [0.1, 0.15) is 17.3 Å². The van der Waals surface area contributed by atoms with Gasteiger partial charge in [0.15, 0.2) is 0 Å². The molecule has 1 amide bonds. The monoisotopic (exact) mass is 351 g/mol. The third-order valence-corrected chi connectivity index (χ3v) is 3.96. The highest BCUT2D eigenvalue weighted by Gasteiger charge is 2.16. The Hall–Kier alpha value is -2.69. The van der Waals surface area contributed by atoms with Gasteiger partial charge < -0.3 is 5.32 Å². The number of aromatic nitrogens is 1. The molecule has 3 aromatic rings. The standard InChI is InChI=1S/C20H18ClN3O/c21-16-9-11-17(12-10-16)24-19(25)14-23-20(15-6-2-1-3-7-15)18-8-4-5-13-22-18/h1-13,20,23H,14H2,(H,24,25). The average Bonchev–Trinajstić information content (AvgIpc) is 2.66. The third kappa shape index (κ3) is 4.89. The summed E-state index contributed by atoms with van der Waals surface area (Å²) >= 11 is 5.85. The minimum Gasteiger partial charge on any atom is -0.325 e. The number of pyridine rings is 1. The molecule has 1 atom stereocenters. The van der Waals surface area contributed by atoms with Crippen LogP contribution in [-0.2, 0) is 4.79 Å². The minimum absolute atomic E-state index is 0.126. The molecular formula is C20H18ClN3O. The highest BCUT2D eigenvalue weighted by Crippen LogP contribution is 2.19. The van der Waals surface area contributed by atoms with Gasteiger partial charge in [0.05, 0.1) is 18.3 Å². The van der Waals surface area contributed by atoms with Gasteiger partial charge in [0.25, 0.3) is 0 Å². The van der Waals surface area contributed by atoms with Crippen molar-refractivity contribution in [2.45, 2.75) is 6.04 Å². The van der Waals surface area contributed by atoms with Crippen LogP contribution in [0, 0.1) is 0 Å². The molecule has 0 saturated carbocycles. The van der Waals surface area contributed by atoms with E-state index in [1.807, 2.05) is 48.5 Å². The van der Waals surface area contributed by atoms with Crippen molar-refractivity contribution in [1.29, 1.82) is 0 Å². The molecule has 1 unspecified atom stereocenters. The highest BCUT2D eigenvalue weighted by atomic mass is 35.5. The summed E-state index contributed by atoms with van der Waals surface area (Å²) in [4.78, 5) is 16.7. The number of rotatable bonds is 6. The van der Waals surface area contributed by atoms with Crippen LogP contribution in [0.5, 0.6) is 0 Å². The maximum absolute atomic E-state index is 12.2. The van der Waals surface area contributed by atoms with Crippen LogP contribution in [0.3, 0.4) is 0 Å². The highest BCUT2D eigenvalue weighted by molar-refractivity contribution is 6.30. The number of amides is 1. The van der Waals surface area contributed by atoms with E-state index >= 15 is 0 Å². The van der Waals surface area contributed by atoms with Crippen LogP contribution in [0.25, 0.3) is 0 Å². The molecule has 0 aliphatic rings. The lowest BCUT2D eigenvalue weighted by atomic mass is 10.0. The van der Waals surface area contributed by atoms with E-state index in [0.717, 1.165) is 11.3 Å². The minimum atomic E-state index is -0.154. The van der Waals surface area contributed by atoms with Gasteiger partial charge in [-0.2, -0.15) is 0 Å². The molecule has 126 valence electrons. The van der Waals surface area contributed by atoms with Crippen LogP contribution >= 0.6 is 11.6 Å². The van der Waals surface area contributed by atoms with Crippen LogP contribution in [-0.4, -0.2) is 17.4 Å². The van der Waals surface area contributed by atoms with Crippen molar-refractivity contribution in [2.24, 2.45) is 0 Å². The smallest absolute Gasteiger partial charge is 0.238 e. The largest absolute Gasteiger partial charge is 0.325 e. The predicted molar refractivity (Wildman–Crippen MR) is 101 cm³/mol. The normalized spacial score (nSPS) is 11.7. The second-order valence-corrected chi connectivity index (χ2v) is 5.97. The summed E-state index contributed by atoms with van der Waals surface area (Å²) in [6.45, 7) is 0.165. The first-order chi connectivity index (χ1) is 12.2. The van der Waals surface area contributed by atoms with E-state index in [2.05, 4.69) is 15.6 Å². The first-order valence-electron chi connectivity index (χ1n) is 7.97. The molecule has 0 fully saturated rings. The zero-order chi connectivity index (χ0) is 17.5. The number of benzene rings is 2. The van der Waals surface area contributed by atoms with E-state index < -0.39 is 0 Å². The van der Waals surface area contributed by atoms with Gasteiger partial charge in [0.2, 0.25) is 5.91 Å². The Labute approximate surface area is 151 Å². The summed E-state index contributed by atoms with van der Waals surface area (Å²) < 4.78 is 0. The first-order valence-corrected chi connectivity index (χ1v) is 8.35. The van der Waals surface area contributed by atoms with E-state index in [1.54, 1.807) is 30.5 Å². The van der Waals surface area contributed by atoms with Crippen molar-refractivity contribution in [2.75, 3.05) is 11.9 Å². The van der Waals surface area contributed by atoms with Gasteiger partial charge in [0.1, 0.15) is 0 Å². The number of carbonyl (C=O) groups excluding carboxylic acids is 1. The molecular weight excluding hydrogens is 334 g/mol. The predicted octanol–water partition coefficient (Wildman–Crippen LogP) is 4.05. The third-order valence-electron chi connectivity index (χ3n) is 3.71. The Morgan fingerprint density at radius 3 is 2.36 bits per heavy atom. The molecule has 0 bridgehead atoms. The Morgan fingerprint density at radius 1 is 0.960 bits per heavy atom. The number of hydrogen-bond acceptors (Lipinski definition) is 3. The van der Waals surface area contributed by atoms with E-state index in [1.165, 1.54) is 0 Å². The van der Waals surface area contributed by atoms with Crippen LogP contribution in [0.15, 0.2) is 79.0 Å². The molecule has 1 heterocycles. The van der Waals surface area contributed by atoms with Crippen molar-refractivity contribution in [3.8, 4) is 0 Å². The number of hydrogen-bond donors (Lipinski definition) is 2. The Balaban J connectivity index is 1.68. The Morgan fingerprint density at radius 2 is 1.68 bits per heavy atom. The zero-order valence-corrected chi connectivity index (χ0v) is 14.3. The maximum Gasteiger partial charge on any atom is 0.238 e. The molecule has 4 nitrogen and oxygen atoms in total. The van der Waals surface area contributed by atoms with E-state index in [0.29, 0.717) is 10.7 Å². The van der Waals surface area contributed by atoms with Crippen LogP contribution in [0.4, 0.5) is 5.69 Å². The lowest BCUT2D eigenvalue weighted by molar-refractivity contribution is -0.115. The Kier molecular flexibility index (Phi) is 5.77. The SMILES string of the molecule is O=C(CNC(c1ccccc1)c1ccccn1)Nc1ccc(Cl)cc1. The van der Waals surface area contributed by atoms with Gasteiger partial charge in [-0.15, -0.1) is 0 Å². The van der Waals surface area contributed by atoms with E-state index in [9.17, 15) is 4.79 Å². The van der Waals surface area contributed by atoms with Crippen molar-refractivity contribution < 1.29 is 4.79 Å². The number of halogens is 1. The molecule has 0 radical (unpaired) electrons. The summed E-state index contributed by atoms with van der Waals surface area (Å²) in [6, 6.07) is 22.6. The summed E-state index contributed by atoms with van der Waals surface area (Å²) in [5.41, 5.74) is 2.64. The molecule has 0 aliphatic carbocycles. The molecule has 1 aromatic heterocycles. The van der Waals surface area contributed by atoms with Gasteiger partial charge in [-0.1, -0.05) is 48.0 Å². The summed E-state index contributed by atoms with van der Waals surface area (Å²) in [5.74, 6) is -0.126. The molecule has 2 N–H and O–H groups in total. The Bertz CT molecular complexity index is 768. The quantitative estimate of drug-likeness (QED) is 0.704. The van der Waals surface area contributed by atoms with Crippen molar-refractivity contribution in [3.05, 3.63) is 95.3 Å². The maximum atomic E-state index is 12.2. The second kappa shape index (κ2) is 8.42. The molecule has 2 aromatic carbocycles. The lowest BCUT2D eigenvalue weighted by Crippen LogP contribution is -2.32. The number of carbonyl (C=O) groups is 1. The number of anilines is 1. The van der Waals surface area contributed by atoms with Gasteiger partial charge in [0, 0.05) is 16.9 Å². The second-order valence-electron chi connectivity index (χ2n) is 5.53. The van der Waals surface area contributed by atoms with E-state index in [-0.39, 0.29) is 18.5 Å². The van der Waals surface area contributed by atoms with Crippen LogP contribution in [0.2, 0.25) is 5.02 Å². The van der Waals surface area contributed by atoms with Crippen molar-refractivity contribution >= 4 is 23.2 Å². The van der Waals surface area contributed by atoms with Crippen molar-refractivity contribution in [1.82, 2.24) is 10.3 Å². The fraction of sp³-hybridized carbons (Fsp3) is 0.100. The lowest BCUT2D eigenvalue weighted by Gasteiger charge is -2.18. The first kappa shape index (κ1) is 17.1. The number of nitrogens with zero attached hydrogens (tertiary/aromatic N) is 1. The van der Waals surface area contributed by atoms with Gasteiger partial charge in [-0.3, -0.25) is 15.1 Å². The molecule has 0 saturated heterocycles. The molecule has 0 spiro atoms. The molecule has 5 heteroatoms.